The number of nitrogens with zero attached hydrogens (tertiary/aromatic N) is 3. The summed E-state index contributed by atoms with van der Waals surface area (Å²) in [4.78, 5) is 4.92. The number of para-hydroxylation sites is 2. The molecule has 2 aromatic rings. The van der Waals surface area contributed by atoms with Crippen molar-refractivity contribution in [2.45, 2.75) is 6.42 Å². The Morgan fingerprint density at radius 1 is 1.08 bits per heavy atom. The number of benzene rings is 2. The van der Waals surface area contributed by atoms with Crippen LogP contribution in [-0.4, -0.2) is 51.3 Å². The van der Waals surface area contributed by atoms with Crippen molar-refractivity contribution in [1.29, 1.82) is 5.26 Å². The van der Waals surface area contributed by atoms with Crippen molar-refractivity contribution < 1.29 is 4.74 Å². The van der Waals surface area contributed by atoms with E-state index in [4.69, 9.17) is 10.00 Å². The molecule has 0 atom stereocenters. The Morgan fingerprint density at radius 3 is 2.65 bits per heavy atom. The average molecular weight is 350 g/mol. The smallest absolute Gasteiger partial charge is 0.142 e. The molecule has 1 aliphatic rings. The van der Waals surface area contributed by atoms with Crippen LogP contribution in [0.3, 0.4) is 0 Å². The quantitative estimate of drug-likeness (QED) is 0.777. The van der Waals surface area contributed by atoms with E-state index in [1.807, 2.05) is 36.4 Å². The van der Waals surface area contributed by atoms with Gasteiger partial charge in [0.15, 0.2) is 0 Å². The number of nitriles is 1. The van der Waals surface area contributed by atoms with Crippen molar-refractivity contribution in [3.8, 4) is 11.8 Å². The first-order valence-electron chi connectivity index (χ1n) is 9.14. The summed E-state index contributed by atoms with van der Waals surface area (Å²) < 4.78 is 5.48. The van der Waals surface area contributed by atoms with Crippen LogP contribution in [0.5, 0.6) is 5.75 Å². The number of methoxy groups -OCH3 is 1. The molecule has 0 aromatic heterocycles. The van der Waals surface area contributed by atoms with Gasteiger partial charge in [-0.3, -0.25) is 4.90 Å². The van der Waals surface area contributed by atoms with E-state index in [1.54, 1.807) is 7.11 Å². The summed E-state index contributed by atoms with van der Waals surface area (Å²) in [7, 11) is 1.73. The van der Waals surface area contributed by atoms with Gasteiger partial charge in [-0.25, -0.2) is 0 Å². The highest BCUT2D eigenvalue weighted by molar-refractivity contribution is 5.58. The summed E-state index contributed by atoms with van der Waals surface area (Å²) in [5.74, 6) is 0.949. The largest absolute Gasteiger partial charge is 0.495 e. The lowest BCUT2D eigenvalue weighted by Crippen LogP contribution is -2.46. The van der Waals surface area contributed by atoms with Gasteiger partial charge in [0.2, 0.25) is 0 Å². The van der Waals surface area contributed by atoms with Crippen molar-refractivity contribution in [2.75, 3.05) is 56.6 Å². The molecule has 1 saturated heterocycles. The monoisotopic (exact) mass is 350 g/mol. The molecule has 1 N–H and O–H groups in total. The van der Waals surface area contributed by atoms with Crippen LogP contribution in [0.25, 0.3) is 0 Å². The van der Waals surface area contributed by atoms with E-state index in [9.17, 15) is 0 Å². The number of hydrogen-bond donors (Lipinski definition) is 1. The molecule has 0 amide bonds. The van der Waals surface area contributed by atoms with E-state index in [0.717, 1.165) is 57.1 Å². The zero-order valence-electron chi connectivity index (χ0n) is 15.3. The Balaban J connectivity index is 1.40. The second kappa shape index (κ2) is 9.12. The van der Waals surface area contributed by atoms with Crippen LogP contribution in [0, 0.1) is 11.3 Å². The van der Waals surface area contributed by atoms with Crippen molar-refractivity contribution in [2.24, 2.45) is 0 Å². The zero-order chi connectivity index (χ0) is 18.2. The van der Waals surface area contributed by atoms with Crippen molar-refractivity contribution in [1.82, 2.24) is 4.90 Å². The Bertz CT molecular complexity index is 748. The number of hydrogen-bond acceptors (Lipinski definition) is 5. The molecule has 136 valence electrons. The van der Waals surface area contributed by atoms with Crippen LogP contribution in [0.15, 0.2) is 48.5 Å². The molecule has 0 unspecified atom stereocenters. The number of rotatable bonds is 7. The first-order chi connectivity index (χ1) is 12.8. The van der Waals surface area contributed by atoms with E-state index < -0.39 is 0 Å². The molecular formula is C21H26N4O. The van der Waals surface area contributed by atoms with Crippen LogP contribution in [0.2, 0.25) is 0 Å². The van der Waals surface area contributed by atoms with Gasteiger partial charge in [-0.05, 0) is 43.3 Å². The van der Waals surface area contributed by atoms with Gasteiger partial charge in [0.05, 0.1) is 24.4 Å². The zero-order valence-corrected chi connectivity index (χ0v) is 15.3. The number of ether oxygens (including phenoxy) is 1. The maximum atomic E-state index is 8.94. The van der Waals surface area contributed by atoms with Crippen LogP contribution >= 0.6 is 0 Å². The van der Waals surface area contributed by atoms with E-state index in [0.29, 0.717) is 5.56 Å². The minimum absolute atomic E-state index is 0.697. The molecule has 1 aliphatic heterocycles. The normalized spacial score (nSPS) is 14.7. The Morgan fingerprint density at radius 2 is 1.88 bits per heavy atom. The van der Waals surface area contributed by atoms with Crippen LogP contribution < -0.4 is 15.0 Å². The van der Waals surface area contributed by atoms with Gasteiger partial charge in [-0.15, -0.1) is 0 Å². The Hall–Kier alpha value is -2.71. The summed E-state index contributed by atoms with van der Waals surface area (Å²) >= 11 is 0. The standard InChI is InChI=1S/C21H26N4O/c1-26-21-9-3-2-8-20(21)25-14-12-24(13-15-25)11-5-10-23-19-7-4-6-18(16-19)17-22/h2-4,6-9,16,23H,5,10-15H2,1H3. The molecule has 2 aromatic carbocycles. The van der Waals surface area contributed by atoms with E-state index in [2.05, 4.69) is 33.3 Å². The van der Waals surface area contributed by atoms with Gasteiger partial charge in [0.1, 0.15) is 5.75 Å². The molecule has 5 nitrogen and oxygen atoms in total. The number of piperazine rings is 1. The molecule has 0 spiro atoms. The highest BCUT2D eigenvalue weighted by Gasteiger charge is 2.18. The van der Waals surface area contributed by atoms with Crippen LogP contribution in [-0.2, 0) is 0 Å². The molecule has 1 fully saturated rings. The van der Waals surface area contributed by atoms with Crippen LogP contribution in [0.4, 0.5) is 11.4 Å². The number of nitrogens with one attached hydrogen (secondary N) is 1. The predicted molar refractivity (Wildman–Crippen MR) is 106 cm³/mol. The molecular weight excluding hydrogens is 324 g/mol. The van der Waals surface area contributed by atoms with E-state index in [-0.39, 0.29) is 0 Å². The van der Waals surface area contributed by atoms with Crippen molar-refractivity contribution in [3.05, 3.63) is 54.1 Å². The molecule has 26 heavy (non-hydrogen) atoms. The fourth-order valence-electron chi connectivity index (χ4n) is 3.34. The van der Waals surface area contributed by atoms with Gasteiger partial charge >= 0.3 is 0 Å². The Labute approximate surface area is 155 Å². The number of anilines is 2. The second-order valence-corrected chi connectivity index (χ2v) is 6.47. The SMILES string of the molecule is COc1ccccc1N1CCN(CCCNc2cccc(C#N)c2)CC1. The topological polar surface area (TPSA) is 51.5 Å². The molecule has 0 radical (unpaired) electrons. The third-order valence-electron chi connectivity index (χ3n) is 4.77. The maximum Gasteiger partial charge on any atom is 0.142 e. The summed E-state index contributed by atoms with van der Waals surface area (Å²) in [5, 5.41) is 12.3. The predicted octanol–water partition coefficient (Wildman–Crippen LogP) is 3.19. The van der Waals surface area contributed by atoms with Gasteiger partial charge in [0.25, 0.3) is 0 Å². The first kappa shape index (κ1) is 18.1. The fourth-order valence-corrected chi connectivity index (χ4v) is 3.34. The van der Waals surface area contributed by atoms with Crippen LogP contribution in [0.1, 0.15) is 12.0 Å². The van der Waals surface area contributed by atoms with E-state index >= 15 is 0 Å². The van der Waals surface area contributed by atoms with Gasteiger partial charge < -0.3 is 15.0 Å². The third kappa shape index (κ3) is 4.68. The average Bonchev–Trinajstić information content (AvgIpc) is 2.72. The summed E-state index contributed by atoms with van der Waals surface area (Å²) in [6, 6.07) is 18.0. The minimum atomic E-state index is 0.697. The first-order valence-corrected chi connectivity index (χ1v) is 9.14. The summed E-state index contributed by atoms with van der Waals surface area (Å²) in [6.45, 7) is 6.20. The van der Waals surface area contributed by atoms with Gasteiger partial charge in [-0.1, -0.05) is 18.2 Å². The fraction of sp³-hybridized carbons (Fsp3) is 0.381. The molecule has 0 saturated carbocycles. The van der Waals surface area contributed by atoms with Crippen molar-refractivity contribution in [3.63, 3.8) is 0 Å². The molecule has 5 heteroatoms. The highest BCUT2D eigenvalue weighted by atomic mass is 16.5. The molecule has 1 heterocycles. The van der Waals surface area contributed by atoms with E-state index in [1.165, 1.54) is 5.69 Å². The highest BCUT2D eigenvalue weighted by Crippen LogP contribution is 2.28. The molecule has 3 rings (SSSR count). The molecule has 0 bridgehead atoms. The third-order valence-corrected chi connectivity index (χ3v) is 4.77. The minimum Gasteiger partial charge on any atom is -0.495 e. The summed E-state index contributed by atoms with van der Waals surface area (Å²) in [6.07, 6.45) is 1.09. The lowest BCUT2D eigenvalue weighted by atomic mass is 10.2. The van der Waals surface area contributed by atoms with Crippen molar-refractivity contribution >= 4 is 11.4 Å². The van der Waals surface area contributed by atoms with Gasteiger partial charge in [-0.2, -0.15) is 5.26 Å². The lowest BCUT2D eigenvalue weighted by molar-refractivity contribution is 0.256. The second-order valence-electron chi connectivity index (χ2n) is 6.47. The Kier molecular flexibility index (Phi) is 6.34. The van der Waals surface area contributed by atoms with Gasteiger partial charge in [0, 0.05) is 38.4 Å². The summed E-state index contributed by atoms with van der Waals surface area (Å²) in [5.41, 5.74) is 2.90. The maximum absolute atomic E-state index is 8.94. The lowest BCUT2D eigenvalue weighted by Gasteiger charge is -2.36. The molecule has 0 aliphatic carbocycles.